The van der Waals surface area contributed by atoms with E-state index in [1.165, 1.54) is 0 Å². The molecule has 0 aliphatic heterocycles. The van der Waals surface area contributed by atoms with E-state index in [0.717, 1.165) is 11.1 Å². The summed E-state index contributed by atoms with van der Waals surface area (Å²) >= 11 is 0. The number of nitrogens with two attached hydrogens (primary N) is 1. The molecule has 6 heteroatoms. The third-order valence-electron chi connectivity index (χ3n) is 5.32. The van der Waals surface area contributed by atoms with E-state index < -0.39 is 17.1 Å². The highest BCUT2D eigenvalue weighted by Gasteiger charge is 2.48. The molecule has 0 spiro atoms. The number of anilines is 1. The zero-order valence-electron chi connectivity index (χ0n) is 18.0. The number of nitrogens with one attached hydrogen (secondary N) is 1. The van der Waals surface area contributed by atoms with Crippen LogP contribution in [0.4, 0.5) is 10.5 Å². The van der Waals surface area contributed by atoms with Gasteiger partial charge in [-0.15, -0.1) is 0 Å². The Bertz CT molecular complexity index is 1030. The summed E-state index contributed by atoms with van der Waals surface area (Å²) in [4.78, 5) is 28.9. The van der Waals surface area contributed by atoms with Gasteiger partial charge < -0.3 is 15.8 Å². The van der Waals surface area contributed by atoms with Crippen molar-refractivity contribution in [3.63, 3.8) is 0 Å². The van der Waals surface area contributed by atoms with Gasteiger partial charge in [-0.25, -0.2) is 4.79 Å². The van der Waals surface area contributed by atoms with E-state index in [-0.39, 0.29) is 12.3 Å². The van der Waals surface area contributed by atoms with Gasteiger partial charge in [0.15, 0.2) is 5.60 Å². The molecule has 3 N–H and O–H groups in total. The average Bonchev–Trinajstić information content (AvgIpc) is 2.74. The van der Waals surface area contributed by atoms with Crippen LogP contribution in [0.15, 0.2) is 79.1 Å². The predicted octanol–water partition coefficient (Wildman–Crippen LogP) is 5.11. The van der Waals surface area contributed by atoms with Gasteiger partial charge in [0.25, 0.3) is 0 Å². The second kappa shape index (κ2) is 9.00. The van der Waals surface area contributed by atoms with Gasteiger partial charge >= 0.3 is 6.09 Å². The van der Waals surface area contributed by atoms with Crippen LogP contribution in [0.5, 0.6) is 0 Å². The van der Waals surface area contributed by atoms with E-state index >= 15 is 0 Å². The molecule has 6 nitrogen and oxygen atoms in total. The lowest BCUT2D eigenvalue weighted by molar-refractivity contribution is -0.129. The van der Waals surface area contributed by atoms with Crippen LogP contribution in [-0.4, -0.2) is 17.0 Å². The molecule has 31 heavy (non-hydrogen) atoms. The van der Waals surface area contributed by atoms with Crippen LogP contribution in [0.2, 0.25) is 0 Å². The number of carbonyl (C=O) groups excluding carboxylic acids is 2. The van der Waals surface area contributed by atoms with E-state index in [9.17, 15) is 9.59 Å². The van der Waals surface area contributed by atoms with Crippen LogP contribution in [0.25, 0.3) is 11.1 Å². The number of aromatic nitrogens is 1. The number of ether oxygens (including phenoxy) is 1. The number of primary amides is 1. The van der Waals surface area contributed by atoms with Crippen LogP contribution >= 0.6 is 0 Å². The first-order valence-corrected chi connectivity index (χ1v) is 10.1. The largest absolute Gasteiger partial charge is 0.437 e. The predicted molar refractivity (Wildman–Crippen MR) is 121 cm³/mol. The van der Waals surface area contributed by atoms with Crippen molar-refractivity contribution in [3.05, 3.63) is 84.7 Å². The quantitative estimate of drug-likeness (QED) is 0.582. The Morgan fingerprint density at radius 1 is 0.903 bits per heavy atom. The summed E-state index contributed by atoms with van der Waals surface area (Å²) in [6.45, 7) is 5.75. The molecule has 2 amide bonds. The average molecular weight is 418 g/mol. The van der Waals surface area contributed by atoms with Crippen LogP contribution < -0.4 is 11.1 Å². The molecule has 160 valence electrons. The van der Waals surface area contributed by atoms with Gasteiger partial charge in [-0.3, -0.25) is 9.78 Å². The highest BCUT2D eigenvalue weighted by molar-refractivity contribution is 5.92. The molecule has 0 bridgehead atoms. The van der Waals surface area contributed by atoms with E-state index in [1.807, 2.05) is 87.5 Å². The second-order valence-electron chi connectivity index (χ2n) is 8.40. The molecule has 0 aliphatic rings. The zero-order chi connectivity index (χ0) is 22.5. The third-order valence-corrected chi connectivity index (χ3v) is 5.32. The van der Waals surface area contributed by atoms with Gasteiger partial charge in [0, 0.05) is 23.5 Å². The molecule has 0 radical (unpaired) electrons. The molecule has 0 unspecified atom stereocenters. The minimum Gasteiger partial charge on any atom is -0.437 e. The molecule has 1 heterocycles. The molecule has 0 fully saturated rings. The monoisotopic (exact) mass is 417 g/mol. The van der Waals surface area contributed by atoms with Gasteiger partial charge in [-0.1, -0.05) is 63.2 Å². The van der Waals surface area contributed by atoms with Gasteiger partial charge in [-0.05, 0) is 41.0 Å². The molecule has 1 atom stereocenters. The van der Waals surface area contributed by atoms with Crippen molar-refractivity contribution in [1.29, 1.82) is 0 Å². The highest BCUT2D eigenvalue weighted by atomic mass is 16.6. The van der Waals surface area contributed by atoms with Crippen molar-refractivity contribution in [1.82, 2.24) is 4.98 Å². The zero-order valence-corrected chi connectivity index (χ0v) is 18.0. The van der Waals surface area contributed by atoms with Crippen LogP contribution in [0.1, 0.15) is 32.8 Å². The number of amides is 2. The highest BCUT2D eigenvalue weighted by Crippen LogP contribution is 2.45. The van der Waals surface area contributed by atoms with Gasteiger partial charge in [0.2, 0.25) is 5.91 Å². The van der Waals surface area contributed by atoms with E-state index in [1.54, 1.807) is 12.4 Å². The molecular weight excluding hydrogens is 390 g/mol. The minimum absolute atomic E-state index is 0.0738. The first kappa shape index (κ1) is 22.0. The Kier molecular flexibility index (Phi) is 6.39. The Hall–Kier alpha value is -3.67. The first-order chi connectivity index (χ1) is 14.7. The van der Waals surface area contributed by atoms with Crippen molar-refractivity contribution in [2.45, 2.75) is 32.8 Å². The molecule has 0 saturated carbocycles. The number of hydrogen-bond donors (Lipinski definition) is 2. The van der Waals surface area contributed by atoms with Crippen molar-refractivity contribution >= 4 is 17.7 Å². The molecule has 3 aromatic rings. The maximum Gasteiger partial charge on any atom is 0.405 e. The minimum atomic E-state index is -1.22. The first-order valence-electron chi connectivity index (χ1n) is 10.1. The molecule has 0 saturated heterocycles. The summed E-state index contributed by atoms with van der Waals surface area (Å²) in [5, 5.41) is 2.91. The van der Waals surface area contributed by atoms with E-state index in [4.69, 9.17) is 10.5 Å². The lowest BCUT2D eigenvalue weighted by Gasteiger charge is -2.43. The third kappa shape index (κ3) is 5.09. The smallest absolute Gasteiger partial charge is 0.405 e. The van der Waals surface area contributed by atoms with Gasteiger partial charge in [0.05, 0.1) is 6.42 Å². The maximum atomic E-state index is 13.0. The number of rotatable bonds is 6. The summed E-state index contributed by atoms with van der Waals surface area (Å²) in [7, 11) is 0. The van der Waals surface area contributed by atoms with Crippen LogP contribution in [0.3, 0.4) is 0 Å². The summed E-state index contributed by atoms with van der Waals surface area (Å²) in [5.41, 5.74) is 7.03. The summed E-state index contributed by atoms with van der Waals surface area (Å²) < 4.78 is 5.65. The molecule has 1 aromatic heterocycles. The summed E-state index contributed by atoms with van der Waals surface area (Å²) in [6, 6.07) is 20.6. The SMILES string of the molecule is CC(C)(C)[C@@](CC(=O)Nc1ccc(-c2ccncc2)cc1)(OC(N)=O)c1ccccc1. The lowest BCUT2D eigenvalue weighted by Crippen LogP contribution is -2.47. The summed E-state index contributed by atoms with van der Waals surface area (Å²) in [6.07, 6.45) is 2.47. The van der Waals surface area contributed by atoms with Gasteiger partial charge in [0.1, 0.15) is 0 Å². The lowest BCUT2D eigenvalue weighted by atomic mass is 9.70. The standard InChI is InChI=1S/C25H27N3O3/c1-24(2,3)25(31-23(26)30,20-7-5-4-6-8-20)17-22(29)28-21-11-9-18(10-12-21)19-13-15-27-16-14-19/h4-16H,17H2,1-3H3,(H2,26,30)(H,28,29)/t25-/m0/s1. The van der Waals surface area contributed by atoms with Gasteiger partial charge in [-0.2, -0.15) is 0 Å². The fourth-order valence-corrected chi connectivity index (χ4v) is 3.65. The number of benzene rings is 2. The molecule has 0 aliphatic carbocycles. The Morgan fingerprint density at radius 3 is 2.03 bits per heavy atom. The Labute approximate surface area is 182 Å². The van der Waals surface area contributed by atoms with Crippen molar-refractivity contribution in [2.75, 3.05) is 5.32 Å². The second-order valence-corrected chi connectivity index (χ2v) is 8.40. The van der Waals surface area contributed by atoms with Crippen LogP contribution in [0, 0.1) is 5.41 Å². The Morgan fingerprint density at radius 2 is 1.48 bits per heavy atom. The fourth-order valence-electron chi connectivity index (χ4n) is 3.65. The number of nitrogens with zero attached hydrogens (tertiary/aromatic N) is 1. The van der Waals surface area contributed by atoms with Crippen molar-refractivity contribution in [2.24, 2.45) is 11.1 Å². The molecular formula is C25H27N3O3. The number of pyridine rings is 1. The van der Waals surface area contributed by atoms with Crippen LogP contribution in [-0.2, 0) is 15.1 Å². The van der Waals surface area contributed by atoms with E-state index in [2.05, 4.69) is 10.3 Å². The van der Waals surface area contributed by atoms with E-state index in [0.29, 0.717) is 11.3 Å². The molecule has 2 aromatic carbocycles. The van der Waals surface area contributed by atoms with Crippen molar-refractivity contribution < 1.29 is 14.3 Å². The Balaban J connectivity index is 1.84. The number of hydrogen-bond acceptors (Lipinski definition) is 4. The van der Waals surface area contributed by atoms with Crippen molar-refractivity contribution in [3.8, 4) is 11.1 Å². The number of carbonyl (C=O) groups is 2. The fraction of sp³-hybridized carbons (Fsp3) is 0.240. The molecule has 3 rings (SSSR count). The summed E-state index contributed by atoms with van der Waals surface area (Å²) in [5.74, 6) is -0.281. The normalized spacial score (nSPS) is 13.1. The topological polar surface area (TPSA) is 94.3 Å². The maximum absolute atomic E-state index is 13.0.